The Labute approximate surface area is 127 Å². The van der Waals surface area contributed by atoms with E-state index in [0.29, 0.717) is 18.1 Å². The first-order valence-corrected chi connectivity index (χ1v) is 6.93. The van der Waals surface area contributed by atoms with Crippen LogP contribution in [0.1, 0.15) is 23.6 Å². The molecule has 0 radical (unpaired) electrons. The van der Waals surface area contributed by atoms with Crippen LogP contribution >= 0.6 is 11.6 Å². The van der Waals surface area contributed by atoms with Crippen LogP contribution in [-0.4, -0.2) is 22.6 Å². The molecule has 0 saturated carbocycles. The number of halogens is 1. The van der Waals surface area contributed by atoms with Crippen molar-refractivity contribution in [1.82, 2.24) is 15.4 Å². The van der Waals surface area contributed by atoms with Gasteiger partial charge in [-0.05, 0) is 30.5 Å². The van der Waals surface area contributed by atoms with E-state index in [9.17, 15) is 4.79 Å². The molecule has 0 saturated heterocycles. The number of nitrogens with two attached hydrogens (primary N) is 1. The number of hydrogen-bond acceptors (Lipinski definition) is 3. The van der Waals surface area contributed by atoms with E-state index in [1.807, 2.05) is 24.3 Å². The van der Waals surface area contributed by atoms with Crippen molar-refractivity contribution >= 4 is 17.6 Å². The van der Waals surface area contributed by atoms with Crippen molar-refractivity contribution in [3.8, 4) is 0 Å². The predicted molar refractivity (Wildman–Crippen MR) is 79.8 cm³/mol. The van der Waals surface area contributed by atoms with Crippen molar-refractivity contribution in [2.75, 3.05) is 6.61 Å². The molecule has 112 valence electrons. The Bertz CT molecular complexity index is 557. The fourth-order valence-electron chi connectivity index (χ4n) is 2.09. The molecular weight excluding hydrogens is 292 g/mol. The lowest BCUT2D eigenvalue weighted by atomic mass is 9.94. The molecule has 2 aromatic rings. The number of rotatable bonds is 7. The van der Waals surface area contributed by atoms with E-state index in [1.54, 1.807) is 12.5 Å². The molecule has 0 aliphatic rings. The fourth-order valence-corrected chi connectivity index (χ4v) is 2.21. The molecule has 1 unspecified atom stereocenters. The summed E-state index contributed by atoms with van der Waals surface area (Å²) < 4.78 is 0. The largest absolute Gasteiger partial charge is 0.350 e. The second-order valence-electron chi connectivity index (χ2n) is 4.64. The smallest absolute Gasteiger partial charge is 0.336 e. The minimum absolute atomic E-state index is 0.198. The molecule has 0 aliphatic carbocycles. The Balaban J connectivity index is 1.96. The SMILES string of the molecule is NC(=O)NOCCC(Cc1ccc(Cl)cc1)c1cnc[nH]1. The van der Waals surface area contributed by atoms with Gasteiger partial charge < -0.3 is 10.7 Å². The van der Waals surface area contributed by atoms with Crippen molar-refractivity contribution in [3.63, 3.8) is 0 Å². The lowest BCUT2D eigenvalue weighted by Gasteiger charge is -2.15. The highest BCUT2D eigenvalue weighted by molar-refractivity contribution is 6.30. The van der Waals surface area contributed by atoms with E-state index in [2.05, 4.69) is 15.4 Å². The van der Waals surface area contributed by atoms with Gasteiger partial charge in [-0.25, -0.2) is 15.3 Å². The quantitative estimate of drug-likeness (QED) is 0.541. The number of H-pyrrole nitrogens is 1. The van der Waals surface area contributed by atoms with E-state index in [1.165, 1.54) is 5.56 Å². The van der Waals surface area contributed by atoms with Gasteiger partial charge in [-0.15, -0.1) is 0 Å². The highest BCUT2D eigenvalue weighted by atomic mass is 35.5. The van der Waals surface area contributed by atoms with Gasteiger partial charge in [-0.3, -0.25) is 4.84 Å². The first-order valence-electron chi connectivity index (χ1n) is 6.55. The predicted octanol–water partition coefficient (Wildman–Crippen LogP) is 2.38. The zero-order chi connectivity index (χ0) is 15.1. The summed E-state index contributed by atoms with van der Waals surface area (Å²) in [6.07, 6.45) is 4.97. The van der Waals surface area contributed by atoms with Gasteiger partial charge in [0.2, 0.25) is 0 Å². The van der Waals surface area contributed by atoms with Gasteiger partial charge in [0.25, 0.3) is 0 Å². The maximum absolute atomic E-state index is 10.6. The second-order valence-corrected chi connectivity index (χ2v) is 5.07. The third kappa shape index (κ3) is 5.09. The van der Waals surface area contributed by atoms with Gasteiger partial charge >= 0.3 is 6.03 Å². The number of carbonyl (C=O) groups is 1. The number of imidazole rings is 1. The standard InChI is InChI=1S/C14H17ClN4O2/c15-12-3-1-10(2-4-12)7-11(13-8-17-9-18-13)5-6-21-19-14(16)20/h1-4,8-9,11H,5-7H2,(H,17,18)(H3,16,19,20). The molecule has 2 amide bonds. The van der Waals surface area contributed by atoms with Gasteiger partial charge in [0.05, 0.1) is 12.9 Å². The molecule has 1 heterocycles. The summed E-state index contributed by atoms with van der Waals surface area (Å²) in [4.78, 5) is 22.7. The van der Waals surface area contributed by atoms with Crippen LogP contribution < -0.4 is 11.2 Å². The Kier molecular flexibility index (Phi) is 5.59. The summed E-state index contributed by atoms with van der Waals surface area (Å²) >= 11 is 5.89. The Morgan fingerprint density at radius 1 is 1.43 bits per heavy atom. The van der Waals surface area contributed by atoms with Crippen LogP contribution in [0.25, 0.3) is 0 Å². The van der Waals surface area contributed by atoms with Crippen LogP contribution in [0.2, 0.25) is 5.02 Å². The number of primary amides is 1. The average Bonchev–Trinajstić information content (AvgIpc) is 2.98. The molecule has 0 aliphatic heterocycles. The number of hydroxylamine groups is 1. The zero-order valence-electron chi connectivity index (χ0n) is 11.4. The summed E-state index contributed by atoms with van der Waals surface area (Å²) in [5.41, 5.74) is 9.24. The van der Waals surface area contributed by atoms with Gasteiger partial charge in [0, 0.05) is 22.8 Å². The van der Waals surface area contributed by atoms with Gasteiger partial charge in [0.1, 0.15) is 0 Å². The molecule has 0 fully saturated rings. The number of benzene rings is 1. The van der Waals surface area contributed by atoms with Crippen molar-refractivity contribution in [3.05, 3.63) is 53.1 Å². The third-order valence-corrected chi connectivity index (χ3v) is 3.35. The third-order valence-electron chi connectivity index (χ3n) is 3.10. The van der Waals surface area contributed by atoms with Crippen LogP contribution in [0.4, 0.5) is 4.79 Å². The minimum atomic E-state index is -0.703. The Morgan fingerprint density at radius 2 is 2.19 bits per heavy atom. The zero-order valence-corrected chi connectivity index (χ0v) is 12.1. The minimum Gasteiger partial charge on any atom is -0.350 e. The number of amides is 2. The second kappa shape index (κ2) is 7.66. The van der Waals surface area contributed by atoms with Crippen molar-refractivity contribution in [2.45, 2.75) is 18.8 Å². The van der Waals surface area contributed by atoms with E-state index >= 15 is 0 Å². The topological polar surface area (TPSA) is 93.0 Å². The van der Waals surface area contributed by atoms with Crippen LogP contribution in [0.15, 0.2) is 36.8 Å². The molecule has 1 aromatic carbocycles. The van der Waals surface area contributed by atoms with Crippen molar-refractivity contribution in [1.29, 1.82) is 0 Å². The van der Waals surface area contributed by atoms with Crippen LogP contribution in [0.5, 0.6) is 0 Å². The number of aromatic nitrogens is 2. The van der Waals surface area contributed by atoms with Crippen LogP contribution in [0.3, 0.4) is 0 Å². The molecule has 4 N–H and O–H groups in total. The highest BCUT2D eigenvalue weighted by Gasteiger charge is 2.14. The first kappa shape index (κ1) is 15.3. The molecule has 2 rings (SSSR count). The molecule has 6 nitrogen and oxygen atoms in total. The summed E-state index contributed by atoms with van der Waals surface area (Å²) in [5.74, 6) is 0.198. The maximum atomic E-state index is 10.6. The van der Waals surface area contributed by atoms with E-state index in [4.69, 9.17) is 22.2 Å². The molecule has 0 bridgehead atoms. The number of nitrogens with zero attached hydrogens (tertiary/aromatic N) is 1. The Morgan fingerprint density at radius 3 is 2.81 bits per heavy atom. The van der Waals surface area contributed by atoms with Crippen molar-refractivity contribution < 1.29 is 9.63 Å². The lowest BCUT2D eigenvalue weighted by molar-refractivity contribution is 0.0594. The van der Waals surface area contributed by atoms with Gasteiger partial charge in [0.15, 0.2) is 0 Å². The number of hydrogen-bond donors (Lipinski definition) is 3. The number of carbonyl (C=O) groups excluding carboxylic acids is 1. The molecule has 1 aromatic heterocycles. The summed E-state index contributed by atoms with van der Waals surface area (Å²) in [6, 6.07) is 7.02. The summed E-state index contributed by atoms with van der Waals surface area (Å²) in [5, 5.41) is 0.714. The van der Waals surface area contributed by atoms with E-state index in [-0.39, 0.29) is 5.92 Å². The van der Waals surface area contributed by atoms with Crippen LogP contribution in [0, 0.1) is 0 Å². The molecule has 7 heteroatoms. The van der Waals surface area contributed by atoms with Gasteiger partial charge in [-0.1, -0.05) is 23.7 Å². The lowest BCUT2D eigenvalue weighted by Crippen LogP contribution is -2.30. The fraction of sp³-hybridized carbons (Fsp3) is 0.286. The van der Waals surface area contributed by atoms with Crippen molar-refractivity contribution in [2.24, 2.45) is 5.73 Å². The monoisotopic (exact) mass is 308 g/mol. The first-order chi connectivity index (χ1) is 10.1. The van der Waals surface area contributed by atoms with Gasteiger partial charge in [-0.2, -0.15) is 0 Å². The molecule has 1 atom stereocenters. The average molecular weight is 309 g/mol. The highest BCUT2D eigenvalue weighted by Crippen LogP contribution is 2.23. The molecule has 21 heavy (non-hydrogen) atoms. The molecule has 0 spiro atoms. The number of aromatic amines is 1. The normalized spacial score (nSPS) is 12.0. The number of nitrogens with one attached hydrogen (secondary N) is 2. The van der Waals surface area contributed by atoms with E-state index in [0.717, 1.165) is 12.1 Å². The Hall–Kier alpha value is -2.05. The van der Waals surface area contributed by atoms with Crippen LogP contribution in [-0.2, 0) is 11.3 Å². The summed E-state index contributed by atoms with van der Waals surface area (Å²) in [6.45, 7) is 0.361. The van der Waals surface area contributed by atoms with E-state index < -0.39 is 6.03 Å². The summed E-state index contributed by atoms with van der Waals surface area (Å²) in [7, 11) is 0. The maximum Gasteiger partial charge on any atom is 0.336 e. The number of urea groups is 1. The molecular formula is C14H17ClN4O2.